The third kappa shape index (κ3) is 5.02. The van der Waals surface area contributed by atoms with Gasteiger partial charge in [0, 0.05) is 39.3 Å². The number of piperazine rings is 1. The number of fused-ring (bicyclic) bond motifs is 2. The van der Waals surface area contributed by atoms with E-state index in [-0.39, 0.29) is 6.79 Å². The van der Waals surface area contributed by atoms with Crippen LogP contribution in [0.3, 0.4) is 0 Å². The van der Waals surface area contributed by atoms with Crippen molar-refractivity contribution in [2.24, 2.45) is 7.05 Å². The summed E-state index contributed by atoms with van der Waals surface area (Å²) in [7, 11) is 1.47. The highest BCUT2D eigenvalue weighted by molar-refractivity contribution is 5.77. The van der Waals surface area contributed by atoms with E-state index in [9.17, 15) is 22.8 Å². The quantitative estimate of drug-likeness (QED) is 0.464. The Morgan fingerprint density at radius 3 is 2.47 bits per heavy atom. The molecule has 3 aromatic rings. The number of ether oxygens (including phenoxy) is 2. The third-order valence-electron chi connectivity index (χ3n) is 5.80. The molecule has 0 bridgehead atoms. The Kier molecular flexibility index (Phi) is 7.35. The summed E-state index contributed by atoms with van der Waals surface area (Å²) in [6, 6.07) is 5.23. The highest BCUT2D eigenvalue weighted by atomic mass is 19.4. The van der Waals surface area contributed by atoms with Crippen LogP contribution < -0.4 is 30.9 Å². The van der Waals surface area contributed by atoms with Crippen molar-refractivity contribution < 1.29 is 32.5 Å². The molecule has 0 spiro atoms. The summed E-state index contributed by atoms with van der Waals surface area (Å²) in [6.07, 6.45) is -5.08. The maximum atomic E-state index is 13.2. The minimum absolute atomic E-state index is 0.133. The molecule has 0 amide bonds. The van der Waals surface area contributed by atoms with Gasteiger partial charge in [-0.25, -0.2) is 14.2 Å². The fraction of sp³-hybridized carbons (Fsp3) is 0.391. The third-order valence-corrected chi connectivity index (χ3v) is 5.80. The molecule has 2 aromatic heterocycles. The Hall–Kier alpha value is -4.45. The molecule has 1 fully saturated rings. The lowest BCUT2D eigenvalue weighted by molar-refractivity contribution is -0.192. The molecular formula is C23H23F3N6O6. The first-order chi connectivity index (χ1) is 18.0. The first-order valence-corrected chi connectivity index (χ1v) is 11.3. The van der Waals surface area contributed by atoms with Crippen molar-refractivity contribution in [3.63, 3.8) is 0 Å². The summed E-state index contributed by atoms with van der Waals surface area (Å²) in [6.45, 7) is 5.32. The second-order valence-corrected chi connectivity index (χ2v) is 8.16. The summed E-state index contributed by atoms with van der Waals surface area (Å²) in [4.78, 5) is 42.1. The SMILES string of the molecule is CC#CCn1c(N2CCNCC2)nc2c1c(=O)n(C)c(=O)n2-c1ccc2c(c1)OCO2.O=C(O)C(F)(F)F. The number of hydrogen-bond donors (Lipinski definition) is 2. The van der Waals surface area contributed by atoms with Gasteiger partial charge >= 0.3 is 17.8 Å². The molecule has 4 heterocycles. The van der Waals surface area contributed by atoms with Crippen LogP contribution in [-0.2, 0) is 18.4 Å². The van der Waals surface area contributed by atoms with Crippen molar-refractivity contribution in [1.82, 2.24) is 24.0 Å². The van der Waals surface area contributed by atoms with Crippen molar-refractivity contribution in [3.8, 4) is 29.0 Å². The van der Waals surface area contributed by atoms with Crippen molar-refractivity contribution >= 4 is 23.1 Å². The molecule has 38 heavy (non-hydrogen) atoms. The van der Waals surface area contributed by atoms with Crippen LogP contribution in [0.1, 0.15) is 6.92 Å². The number of rotatable bonds is 3. The van der Waals surface area contributed by atoms with E-state index >= 15 is 0 Å². The average Bonchev–Trinajstić information content (AvgIpc) is 3.51. The normalized spacial score (nSPS) is 14.5. The largest absolute Gasteiger partial charge is 0.490 e. The van der Waals surface area contributed by atoms with E-state index in [2.05, 4.69) is 22.1 Å². The van der Waals surface area contributed by atoms with Crippen LogP contribution in [-0.4, -0.2) is 68.9 Å². The number of benzene rings is 1. The van der Waals surface area contributed by atoms with E-state index in [1.54, 1.807) is 25.1 Å². The molecule has 0 saturated carbocycles. The number of alkyl halides is 3. The van der Waals surface area contributed by atoms with Crippen LogP contribution >= 0.6 is 0 Å². The van der Waals surface area contributed by atoms with E-state index in [0.29, 0.717) is 40.8 Å². The van der Waals surface area contributed by atoms with E-state index in [4.69, 9.17) is 24.4 Å². The Morgan fingerprint density at radius 1 is 1.18 bits per heavy atom. The summed E-state index contributed by atoms with van der Waals surface area (Å²) in [5, 5.41) is 10.4. The number of aromatic nitrogens is 4. The van der Waals surface area contributed by atoms with Gasteiger partial charge < -0.3 is 24.8 Å². The number of nitrogens with zero attached hydrogens (tertiary/aromatic N) is 5. The van der Waals surface area contributed by atoms with Gasteiger partial charge in [-0.15, -0.1) is 5.92 Å². The number of imidazole rings is 1. The molecular weight excluding hydrogens is 513 g/mol. The van der Waals surface area contributed by atoms with E-state index in [1.165, 1.54) is 11.6 Å². The molecule has 0 radical (unpaired) electrons. The number of carboxylic acid groups (broad SMARTS) is 1. The lowest BCUT2D eigenvalue weighted by atomic mass is 10.2. The summed E-state index contributed by atoms with van der Waals surface area (Å²) in [5.41, 5.74) is 0.320. The van der Waals surface area contributed by atoms with Crippen LogP contribution in [0.15, 0.2) is 27.8 Å². The lowest BCUT2D eigenvalue weighted by Crippen LogP contribution is -2.44. The molecule has 5 rings (SSSR count). The molecule has 0 atom stereocenters. The van der Waals surface area contributed by atoms with Crippen molar-refractivity contribution in [2.45, 2.75) is 19.6 Å². The van der Waals surface area contributed by atoms with Gasteiger partial charge in [-0.1, -0.05) is 5.92 Å². The minimum Gasteiger partial charge on any atom is -0.475 e. The van der Waals surface area contributed by atoms with Crippen LogP contribution in [0.4, 0.5) is 19.1 Å². The van der Waals surface area contributed by atoms with Crippen LogP contribution in [0.25, 0.3) is 16.9 Å². The monoisotopic (exact) mass is 536 g/mol. The minimum atomic E-state index is -5.08. The second kappa shape index (κ2) is 10.5. The van der Waals surface area contributed by atoms with E-state index in [1.807, 2.05) is 4.57 Å². The molecule has 0 unspecified atom stereocenters. The molecule has 0 aliphatic carbocycles. The smallest absolute Gasteiger partial charge is 0.475 e. The number of halogens is 3. The number of hydrogen-bond acceptors (Lipinski definition) is 8. The zero-order valence-electron chi connectivity index (χ0n) is 20.3. The number of nitrogens with one attached hydrogen (secondary N) is 1. The van der Waals surface area contributed by atoms with E-state index in [0.717, 1.165) is 30.7 Å². The summed E-state index contributed by atoms with van der Waals surface area (Å²) >= 11 is 0. The highest BCUT2D eigenvalue weighted by Crippen LogP contribution is 2.34. The maximum absolute atomic E-state index is 13.2. The van der Waals surface area contributed by atoms with Gasteiger partial charge in [0.25, 0.3) is 5.56 Å². The van der Waals surface area contributed by atoms with Gasteiger partial charge in [-0.05, 0) is 19.1 Å². The highest BCUT2D eigenvalue weighted by Gasteiger charge is 2.38. The predicted molar refractivity (Wildman–Crippen MR) is 129 cm³/mol. The van der Waals surface area contributed by atoms with Crippen molar-refractivity contribution in [3.05, 3.63) is 39.0 Å². The molecule has 1 saturated heterocycles. The number of carboxylic acids is 1. The first-order valence-electron chi connectivity index (χ1n) is 11.3. The lowest BCUT2D eigenvalue weighted by Gasteiger charge is -2.28. The summed E-state index contributed by atoms with van der Waals surface area (Å²) < 4.78 is 47.0. The van der Waals surface area contributed by atoms with Crippen LogP contribution in [0.2, 0.25) is 0 Å². The first kappa shape index (κ1) is 26.6. The molecule has 12 nitrogen and oxygen atoms in total. The Labute approximate surface area is 212 Å². The van der Waals surface area contributed by atoms with Gasteiger partial charge in [-0.3, -0.25) is 13.9 Å². The zero-order valence-corrected chi connectivity index (χ0v) is 20.3. The van der Waals surface area contributed by atoms with Gasteiger partial charge in [-0.2, -0.15) is 18.2 Å². The predicted octanol–water partition coefficient (Wildman–Crippen LogP) is 0.681. The second-order valence-electron chi connectivity index (χ2n) is 8.16. The van der Waals surface area contributed by atoms with Gasteiger partial charge in [0.1, 0.15) is 0 Å². The fourth-order valence-electron chi connectivity index (χ4n) is 3.95. The number of carbonyl (C=O) groups is 1. The molecule has 1 aromatic carbocycles. The fourth-order valence-corrected chi connectivity index (χ4v) is 3.95. The Balaban J connectivity index is 0.000000426. The molecule has 202 valence electrons. The van der Waals surface area contributed by atoms with Gasteiger partial charge in [0.05, 0.1) is 12.2 Å². The average molecular weight is 536 g/mol. The van der Waals surface area contributed by atoms with Gasteiger partial charge in [0.2, 0.25) is 12.7 Å². The standard InChI is InChI=1S/C21H22N6O4.C2HF3O2/c1-3-4-9-26-17-18(23-20(26)25-10-7-22-8-11-25)27(21(29)24(2)19(17)28)14-5-6-15-16(12-14)31-13-30-15;3-2(4,5)1(6)7/h5-6,12,22H,7-11,13H2,1-2H3;(H,6,7). The van der Waals surface area contributed by atoms with Crippen molar-refractivity contribution in [1.29, 1.82) is 0 Å². The number of anilines is 1. The molecule has 2 aliphatic heterocycles. The Bertz CT molecular complexity index is 1560. The van der Waals surface area contributed by atoms with Crippen molar-refractivity contribution in [2.75, 3.05) is 37.9 Å². The van der Waals surface area contributed by atoms with Gasteiger partial charge in [0.15, 0.2) is 22.7 Å². The van der Waals surface area contributed by atoms with Crippen LogP contribution in [0, 0.1) is 11.8 Å². The molecule has 2 aliphatic rings. The maximum Gasteiger partial charge on any atom is 0.490 e. The topological polar surface area (TPSA) is 133 Å². The number of aliphatic carboxylic acids is 1. The summed E-state index contributed by atoms with van der Waals surface area (Å²) in [5.74, 6) is 4.96. The van der Waals surface area contributed by atoms with Crippen LogP contribution in [0.5, 0.6) is 11.5 Å². The molecule has 2 N–H and O–H groups in total. The zero-order chi connectivity index (χ0) is 27.6. The van der Waals surface area contributed by atoms with E-state index < -0.39 is 23.4 Å². The molecule has 15 heteroatoms. The Morgan fingerprint density at radius 2 is 1.84 bits per heavy atom.